The number of hydrogen-bond acceptors (Lipinski definition) is 2. The highest BCUT2D eigenvalue weighted by Gasteiger charge is 2.39. The predicted octanol–water partition coefficient (Wildman–Crippen LogP) is 2.68. The number of carbonyl (C=O) groups is 1. The molecule has 0 aliphatic heterocycles. The van der Waals surface area contributed by atoms with Crippen molar-refractivity contribution in [2.45, 2.75) is 19.9 Å². The first-order chi connectivity index (χ1) is 9.24. The van der Waals surface area contributed by atoms with Crippen molar-refractivity contribution in [2.24, 2.45) is 16.8 Å². The molecule has 2 atom stereocenters. The second-order valence-corrected chi connectivity index (χ2v) is 5.94. The smallest absolute Gasteiger partial charge is 0.251 e. The average Bonchev–Trinajstić information content (AvgIpc) is 3.00. The van der Waals surface area contributed by atoms with Crippen LogP contribution < -0.4 is 4.80 Å². The van der Waals surface area contributed by atoms with Crippen LogP contribution in [0.25, 0.3) is 0 Å². The highest BCUT2D eigenvalue weighted by atomic mass is 32.1. The van der Waals surface area contributed by atoms with Gasteiger partial charge in [0, 0.05) is 24.0 Å². The number of carbonyl (C=O) groups excluding carboxylic acids is 1. The zero-order valence-electron chi connectivity index (χ0n) is 10.8. The molecule has 1 saturated carbocycles. The molecule has 1 aliphatic carbocycles. The lowest BCUT2D eigenvalue weighted by atomic mass is 10.2. The van der Waals surface area contributed by atoms with Gasteiger partial charge >= 0.3 is 0 Å². The quantitative estimate of drug-likeness (QED) is 0.846. The Kier molecular flexibility index (Phi) is 3.34. The van der Waals surface area contributed by atoms with Crippen LogP contribution in [0.2, 0.25) is 0 Å². The lowest BCUT2D eigenvalue weighted by Crippen LogP contribution is -2.17. The van der Waals surface area contributed by atoms with Crippen molar-refractivity contribution in [1.82, 2.24) is 4.57 Å². The van der Waals surface area contributed by atoms with Crippen LogP contribution in [0.5, 0.6) is 0 Å². The highest BCUT2D eigenvalue weighted by molar-refractivity contribution is 7.07. The van der Waals surface area contributed by atoms with Crippen LogP contribution in [-0.2, 0) is 11.3 Å². The van der Waals surface area contributed by atoms with Gasteiger partial charge in [0.15, 0.2) is 4.80 Å². The molecule has 98 valence electrons. The van der Waals surface area contributed by atoms with Crippen molar-refractivity contribution in [3.8, 4) is 0 Å². The molecule has 1 amide bonds. The fraction of sp³-hybridized carbons (Fsp3) is 0.333. The molecule has 0 N–H and O–H groups in total. The molecule has 0 spiro atoms. The van der Waals surface area contributed by atoms with Crippen molar-refractivity contribution >= 4 is 17.2 Å². The Morgan fingerprint density at radius 3 is 2.84 bits per heavy atom. The first-order valence-corrected chi connectivity index (χ1v) is 7.38. The van der Waals surface area contributed by atoms with E-state index in [1.165, 1.54) is 16.9 Å². The molecule has 1 aliphatic rings. The number of aromatic nitrogens is 1. The summed E-state index contributed by atoms with van der Waals surface area (Å²) in [6.07, 6.45) is 2.98. The number of amides is 1. The minimum atomic E-state index is 0.0387. The number of rotatable bonds is 3. The summed E-state index contributed by atoms with van der Waals surface area (Å²) in [5.41, 5.74) is 1.22. The van der Waals surface area contributed by atoms with E-state index in [9.17, 15) is 4.79 Å². The van der Waals surface area contributed by atoms with Crippen LogP contribution in [0.15, 0.2) is 46.9 Å². The first kappa shape index (κ1) is 12.4. The fourth-order valence-electron chi connectivity index (χ4n) is 2.13. The summed E-state index contributed by atoms with van der Waals surface area (Å²) < 4.78 is 2.03. The molecule has 1 aromatic carbocycles. The zero-order valence-corrected chi connectivity index (χ0v) is 11.6. The maximum atomic E-state index is 11.9. The summed E-state index contributed by atoms with van der Waals surface area (Å²) in [6, 6.07) is 10.2. The summed E-state index contributed by atoms with van der Waals surface area (Å²) >= 11 is 1.52. The van der Waals surface area contributed by atoms with Crippen LogP contribution in [0.1, 0.15) is 18.9 Å². The van der Waals surface area contributed by atoms with E-state index in [1.54, 1.807) is 0 Å². The van der Waals surface area contributed by atoms with Crippen molar-refractivity contribution in [2.75, 3.05) is 0 Å². The molecule has 0 bridgehead atoms. The SMILES string of the molecule is C[C@@H]1C[C@@H]1C(=O)N=c1sccn1Cc1ccccc1. The molecule has 0 unspecified atom stereocenters. The van der Waals surface area contributed by atoms with Gasteiger partial charge in [-0.05, 0) is 17.9 Å². The summed E-state index contributed by atoms with van der Waals surface area (Å²) in [7, 11) is 0. The Morgan fingerprint density at radius 2 is 2.16 bits per heavy atom. The van der Waals surface area contributed by atoms with Gasteiger partial charge in [0.1, 0.15) is 0 Å². The van der Waals surface area contributed by atoms with Crippen molar-refractivity contribution < 1.29 is 4.79 Å². The van der Waals surface area contributed by atoms with E-state index in [-0.39, 0.29) is 11.8 Å². The van der Waals surface area contributed by atoms with Crippen LogP contribution in [-0.4, -0.2) is 10.5 Å². The maximum absolute atomic E-state index is 11.9. The Bertz CT molecular complexity index is 641. The topological polar surface area (TPSA) is 34.4 Å². The molecule has 3 rings (SSSR count). The molecule has 1 fully saturated rings. The Labute approximate surface area is 116 Å². The van der Waals surface area contributed by atoms with E-state index in [0.29, 0.717) is 5.92 Å². The van der Waals surface area contributed by atoms with Gasteiger partial charge < -0.3 is 4.57 Å². The number of thiazole rings is 1. The second kappa shape index (κ2) is 5.13. The molecule has 1 aromatic heterocycles. The number of nitrogens with zero attached hydrogens (tertiary/aromatic N) is 2. The van der Waals surface area contributed by atoms with Gasteiger partial charge in [-0.25, -0.2) is 0 Å². The Morgan fingerprint density at radius 1 is 1.42 bits per heavy atom. The molecule has 19 heavy (non-hydrogen) atoms. The lowest BCUT2D eigenvalue weighted by Gasteiger charge is -2.02. The first-order valence-electron chi connectivity index (χ1n) is 6.50. The molecule has 2 aromatic rings. The van der Waals surface area contributed by atoms with Gasteiger partial charge in [0.05, 0.1) is 0 Å². The zero-order chi connectivity index (χ0) is 13.2. The minimum absolute atomic E-state index is 0.0387. The van der Waals surface area contributed by atoms with E-state index in [0.717, 1.165) is 17.8 Å². The molecular formula is C15H16N2OS. The van der Waals surface area contributed by atoms with Gasteiger partial charge in [-0.3, -0.25) is 4.79 Å². The third kappa shape index (κ3) is 2.84. The summed E-state index contributed by atoms with van der Waals surface area (Å²) in [6.45, 7) is 2.86. The molecule has 1 heterocycles. The summed E-state index contributed by atoms with van der Waals surface area (Å²) in [4.78, 5) is 17.0. The monoisotopic (exact) mass is 272 g/mol. The normalized spacial score (nSPS) is 22.5. The third-order valence-electron chi connectivity index (χ3n) is 3.49. The molecule has 3 nitrogen and oxygen atoms in total. The largest absolute Gasteiger partial charge is 0.319 e. The van der Waals surface area contributed by atoms with Gasteiger partial charge in [0.2, 0.25) is 0 Å². The third-order valence-corrected chi connectivity index (χ3v) is 4.28. The number of benzene rings is 1. The molecule has 0 saturated heterocycles. The van der Waals surface area contributed by atoms with Crippen molar-refractivity contribution in [3.05, 3.63) is 52.3 Å². The van der Waals surface area contributed by atoms with Gasteiger partial charge in [0.25, 0.3) is 5.91 Å². The van der Waals surface area contributed by atoms with E-state index in [2.05, 4.69) is 24.0 Å². The van der Waals surface area contributed by atoms with Crippen molar-refractivity contribution in [3.63, 3.8) is 0 Å². The van der Waals surface area contributed by atoms with Gasteiger partial charge in [-0.1, -0.05) is 37.3 Å². The summed E-state index contributed by atoms with van der Waals surface area (Å²) in [5.74, 6) is 0.711. The molecule has 4 heteroatoms. The van der Waals surface area contributed by atoms with Crippen LogP contribution in [0.3, 0.4) is 0 Å². The summed E-state index contributed by atoms with van der Waals surface area (Å²) in [5, 5.41) is 1.98. The Hall–Kier alpha value is -1.68. The molecule has 0 radical (unpaired) electrons. The van der Waals surface area contributed by atoms with Gasteiger partial charge in [-0.15, -0.1) is 11.3 Å². The number of hydrogen-bond donors (Lipinski definition) is 0. The highest BCUT2D eigenvalue weighted by Crippen LogP contribution is 2.38. The van der Waals surface area contributed by atoms with E-state index >= 15 is 0 Å². The Balaban J connectivity index is 1.82. The van der Waals surface area contributed by atoms with Gasteiger partial charge in [-0.2, -0.15) is 4.99 Å². The lowest BCUT2D eigenvalue weighted by molar-refractivity contribution is -0.119. The molecular weight excluding hydrogens is 256 g/mol. The predicted molar refractivity (Wildman–Crippen MR) is 75.7 cm³/mol. The van der Waals surface area contributed by atoms with E-state index in [4.69, 9.17) is 0 Å². The second-order valence-electron chi connectivity index (χ2n) is 5.07. The van der Waals surface area contributed by atoms with Crippen LogP contribution in [0, 0.1) is 11.8 Å². The van der Waals surface area contributed by atoms with Crippen molar-refractivity contribution in [1.29, 1.82) is 0 Å². The fourth-order valence-corrected chi connectivity index (χ4v) is 2.86. The average molecular weight is 272 g/mol. The minimum Gasteiger partial charge on any atom is -0.319 e. The van der Waals surface area contributed by atoms with Crippen LogP contribution >= 0.6 is 11.3 Å². The standard InChI is InChI=1S/C15H16N2OS/c1-11-9-13(11)14(18)16-15-17(7-8-19-15)10-12-5-3-2-4-6-12/h2-8,11,13H,9-10H2,1H3/t11-,13+/m1/s1. The van der Waals surface area contributed by atoms with Crippen LogP contribution in [0.4, 0.5) is 0 Å². The van der Waals surface area contributed by atoms with E-state index in [1.807, 2.05) is 34.3 Å². The maximum Gasteiger partial charge on any atom is 0.251 e. The van der Waals surface area contributed by atoms with E-state index < -0.39 is 0 Å².